The SMILES string of the molecule is O=C(OC(CS(=O)(=O)[O-])(C(F)(F)F)C(F)(F)F)C1C2c3ccccc3C(c3ccccc32)C1C1CCCC1O. The number of esters is 1. The van der Waals surface area contributed by atoms with E-state index in [9.17, 15) is 49.2 Å². The van der Waals surface area contributed by atoms with Gasteiger partial charge in [0.05, 0.1) is 27.9 Å². The first-order chi connectivity index (χ1) is 18.1. The summed E-state index contributed by atoms with van der Waals surface area (Å²) in [5.74, 6) is -9.84. The second-order valence-corrected chi connectivity index (χ2v) is 11.8. The summed E-state index contributed by atoms with van der Waals surface area (Å²) < 4.78 is 122. The second kappa shape index (κ2) is 9.20. The van der Waals surface area contributed by atoms with Crippen LogP contribution in [0.4, 0.5) is 26.3 Å². The summed E-state index contributed by atoms with van der Waals surface area (Å²) in [5, 5.41) is 10.8. The molecule has 4 atom stereocenters. The van der Waals surface area contributed by atoms with Gasteiger partial charge in [-0.15, -0.1) is 0 Å². The van der Waals surface area contributed by atoms with Crippen LogP contribution in [-0.4, -0.2) is 53.9 Å². The Balaban J connectivity index is 1.70. The van der Waals surface area contributed by atoms with Crippen LogP contribution >= 0.6 is 0 Å². The van der Waals surface area contributed by atoms with E-state index >= 15 is 0 Å². The summed E-state index contributed by atoms with van der Waals surface area (Å²) in [5.41, 5.74) is -3.03. The highest BCUT2D eigenvalue weighted by molar-refractivity contribution is 7.85. The number of alkyl halides is 6. The van der Waals surface area contributed by atoms with Crippen LogP contribution in [-0.2, 0) is 19.6 Å². The number of rotatable bonds is 5. The van der Waals surface area contributed by atoms with Crippen molar-refractivity contribution in [3.8, 4) is 0 Å². The van der Waals surface area contributed by atoms with Gasteiger partial charge in [-0.05, 0) is 46.9 Å². The maximum atomic E-state index is 14.0. The molecule has 13 heteroatoms. The largest absolute Gasteiger partial charge is 0.748 e. The molecule has 4 unspecified atom stereocenters. The molecule has 1 saturated carbocycles. The molecule has 39 heavy (non-hydrogen) atoms. The molecule has 0 amide bonds. The predicted octanol–water partition coefficient (Wildman–Crippen LogP) is 4.62. The topological polar surface area (TPSA) is 104 Å². The molecule has 0 spiro atoms. The van der Waals surface area contributed by atoms with E-state index in [-0.39, 0.29) is 0 Å². The normalized spacial score (nSPS) is 28.6. The maximum absolute atomic E-state index is 14.0. The summed E-state index contributed by atoms with van der Waals surface area (Å²) in [4.78, 5) is 13.7. The van der Waals surface area contributed by atoms with E-state index in [0.717, 1.165) is 11.1 Å². The number of hydrogen-bond donors (Lipinski definition) is 1. The van der Waals surface area contributed by atoms with Gasteiger partial charge in [0.2, 0.25) is 0 Å². The third kappa shape index (κ3) is 4.42. The van der Waals surface area contributed by atoms with Crippen molar-refractivity contribution in [2.24, 2.45) is 17.8 Å². The summed E-state index contributed by atoms with van der Waals surface area (Å²) in [7, 11) is -6.18. The van der Waals surface area contributed by atoms with Crippen LogP contribution in [0, 0.1) is 17.8 Å². The first-order valence-corrected chi connectivity index (χ1v) is 13.8. The zero-order valence-corrected chi connectivity index (χ0v) is 20.9. The number of benzene rings is 2. The number of aliphatic hydroxyl groups excluding tert-OH is 1. The van der Waals surface area contributed by atoms with Crippen molar-refractivity contribution in [1.82, 2.24) is 0 Å². The number of ether oxygens (including phenoxy) is 1. The van der Waals surface area contributed by atoms with Gasteiger partial charge >= 0.3 is 23.9 Å². The first-order valence-electron chi connectivity index (χ1n) is 12.2. The van der Waals surface area contributed by atoms with Gasteiger partial charge in [0.15, 0.2) is 0 Å². The number of aliphatic hydroxyl groups is 1. The molecule has 0 heterocycles. The summed E-state index contributed by atoms with van der Waals surface area (Å²) >= 11 is 0. The second-order valence-electron chi connectivity index (χ2n) is 10.4. The van der Waals surface area contributed by atoms with Crippen LogP contribution in [0.1, 0.15) is 53.4 Å². The van der Waals surface area contributed by atoms with Gasteiger partial charge < -0.3 is 14.4 Å². The molecule has 4 aliphatic rings. The zero-order valence-electron chi connectivity index (χ0n) is 20.1. The fourth-order valence-electron chi connectivity index (χ4n) is 6.90. The minimum Gasteiger partial charge on any atom is -0.748 e. The molecule has 0 aromatic heterocycles. The first kappa shape index (κ1) is 27.9. The van der Waals surface area contributed by atoms with Crippen LogP contribution in [0.15, 0.2) is 48.5 Å². The Morgan fingerprint density at radius 2 is 1.33 bits per heavy atom. The fraction of sp³-hybridized carbons (Fsp3) is 0.500. The average Bonchev–Trinajstić information content (AvgIpc) is 3.26. The van der Waals surface area contributed by atoms with Crippen molar-refractivity contribution < 1.29 is 54.0 Å². The van der Waals surface area contributed by atoms with Crippen molar-refractivity contribution in [3.05, 3.63) is 70.8 Å². The molecular weight excluding hydrogens is 554 g/mol. The Hall–Kier alpha value is -2.64. The van der Waals surface area contributed by atoms with E-state index in [2.05, 4.69) is 4.74 Å². The van der Waals surface area contributed by atoms with Crippen molar-refractivity contribution in [2.45, 2.75) is 55.2 Å². The highest BCUT2D eigenvalue weighted by Gasteiger charge is 2.75. The van der Waals surface area contributed by atoms with Crippen LogP contribution in [0.5, 0.6) is 0 Å². The Morgan fingerprint density at radius 1 is 0.872 bits per heavy atom. The van der Waals surface area contributed by atoms with Gasteiger partial charge in [0.25, 0.3) is 0 Å². The van der Waals surface area contributed by atoms with E-state index < -0.39 is 75.5 Å². The van der Waals surface area contributed by atoms with Crippen molar-refractivity contribution >= 4 is 16.1 Å². The minimum absolute atomic E-state index is 0.340. The number of halogens is 6. The van der Waals surface area contributed by atoms with Crippen LogP contribution in [0.3, 0.4) is 0 Å². The summed E-state index contributed by atoms with van der Waals surface area (Å²) in [6, 6.07) is 13.5. The Kier molecular flexibility index (Phi) is 6.58. The van der Waals surface area contributed by atoms with E-state index in [1.165, 1.54) is 0 Å². The van der Waals surface area contributed by atoms with Gasteiger partial charge in [0, 0.05) is 11.8 Å². The molecule has 0 radical (unpaired) electrons. The third-order valence-electron chi connectivity index (χ3n) is 8.36. The van der Waals surface area contributed by atoms with E-state index in [1.807, 2.05) is 0 Å². The molecule has 0 aliphatic heterocycles. The molecule has 1 N–H and O–H groups in total. The third-order valence-corrected chi connectivity index (χ3v) is 9.12. The molecule has 212 valence electrons. The molecular formula is C26H23F6O6S-. The van der Waals surface area contributed by atoms with Gasteiger partial charge in [-0.1, -0.05) is 55.0 Å². The van der Waals surface area contributed by atoms with Crippen LogP contribution < -0.4 is 0 Å². The monoisotopic (exact) mass is 577 g/mol. The molecule has 2 aromatic carbocycles. The van der Waals surface area contributed by atoms with E-state index in [1.54, 1.807) is 48.5 Å². The molecule has 2 aromatic rings. The van der Waals surface area contributed by atoms with Gasteiger partial charge in [-0.25, -0.2) is 8.42 Å². The van der Waals surface area contributed by atoms with Crippen molar-refractivity contribution in [2.75, 3.05) is 5.75 Å². The van der Waals surface area contributed by atoms with E-state index in [0.29, 0.717) is 30.4 Å². The summed E-state index contributed by atoms with van der Waals surface area (Å²) in [6.45, 7) is 0. The smallest absolute Gasteiger partial charge is 0.438 e. The zero-order chi connectivity index (χ0) is 28.5. The van der Waals surface area contributed by atoms with Crippen molar-refractivity contribution in [3.63, 3.8) is 0 Å². The van der Waals surface area contributed by atoms with Gasteiger partial charge in [-0.2, -0.15) is 26.3 Å². The standard InChI is InChI=1S/C26H24F6O6S/c27-25(28,29)24(26(30,31)32,12-39(35,36)37)38-23(34)22-20-15-8-3-1-6-13(15)19(14-7-2-4-9-16(14)20)21(22)17-10-5-11-18(17)33/h1-4,6-9,17-22,33H,5,10-12H2,(H,35,36,37)/p-1. The summed E-state index contributed by atoms with van der Waals surface area (Å²) in [6.07, 6.45) is -12.6. The number of carbonyl (C=O) groups is 1. The quantitative estimate of drug-likeness (QED) is 0.316. The Bertz CT molecular complexity index is 1330. The van der Waals surface area contributed by atoms with Crippen LogP contribution in [0.2, 0.25) is 0 Å². The molecule has 2 bridgehead atoms. The Labute approximate surface area is 219 Å². The van der Waals surface area contributed by atoms with E-state index in [4.69, 9.17) is 0 Å². The highest BCUT2D eigenvalue weighted by Crippen LogP contribution is 2.62. The number of hydrogen-bond acceptors (Lipinski definition) is 6. The molecule has 0 saturated heterocycles. The van der Waals surface area contributed by atoms with Gasteiger partial charge in [0.1, 0.15) is 0 Å². The number of fused-ring (bicyclic) bond motifs is 1. The predicted molar refractivity (Wildman–Crippen MR) is 122 cm³/mol. The molecule has 6 rings (SSSR count). The fourth-order valence-corrected chi connectivity index (χ4v) is 7.79. The van der Waals surface area contributed by atoms with Crippen molar-refractivity contribution in [1.29, 1.82) is 0 Å². The highest BCUT2D eigenvalue weighted by atomic mass is 32.2. The number of carbonyl (C=O) groups excluding carboxylic acids is 1. The lowest BCUT2D eigenvalue weighted by Crippen LogP contribution is -2.64. The lowest BCUT2D eigenvalue weighted by atomic mass is 9.51. The lowest BCUT2D eigenvalue weighted by Gasteiger charge is -2.52. The molecule has 1 fully saturated rings. The minimum atomic E-state index is -6.47. The average molecular weight is 578 g/mol. The maximum Gasteiger partial charge on any atom is 0.438 e. The van der Waals surface area contributed by atoms with Crippen LogP contribution in [0.25, 0.3) is 0 Å². The lowest BCUT2D eigenvalue weighted by molar-refractivity contribution is -0.362. The molecule has 4 aliphatic carbocycles. The Morgan fingerprint density at radius 3 is 1.72 bits per heavy atom. The van der Waals surface area contributed by atoms with Gasteiger partial charge in [-0.3, -0.25) is 4.79 Å². The molecule has 6 nitrogen and oxygen atoms in total.